The van der Waals surface area contributed by atoms with Crippen LogP contribution < -0.4 is 9.47 Å². The second-order valence-electron chi connectivity index (χ2n) is 6.28. The summed E-state index contributed by atoms with van der Waals surface area (Å²) in [6.07, 6.45) is 4.91. The van der Waals surface area contributed by atoms with Crippen LogP contribution in [-0.2, 0) is 13.7 Å². The molecule has 0 fully saturated rings. The SMILES string of the molecule is COc1ccc(/C=C/C(=O)c2cnn(C)c2C)cc1COc1cccc(Cl)c1. The smallest absolute Gasteiger partial charge is 0.189 e. The van der Waals surface area contributed by atoms with Crippen molar-refractivity contribution in [3.8, 4) is 11.5 Å². The maximum absolute atomic E-state index is 12.4. The molecule has 28 heavy (non-hydrogen) atoms. The van der Waals surface area contributed by atoms with Crippen LogP contribution in [0, 0.1) is 6.92 Å². The highest BCUT2D eigenvalue weighted by Crippen LogP contribution is 2.24. The highest BCUT2D eigenvalue weighted by atomic mass is 35.5. The van der Waals surface area contributed by atoms with E-state index in [1.54, 1.807) is 42.3 Å². The molecule has 0 N–H and O–H groups in total. The molecule has 0 radical (unpaired) electrons. The minimum atomic E-state index is -0.0851. The zero-order valence-corrected chi connectivity index (χ0v) is 16.7. The molecular weight excluding hydrogens is 376 g/mol. The fourth-order valence-electron chi connectivity index (χ4n) is 2.74. The van der Waals surface area contributed by atoms with Gasteiger partial charge >= 0.3 is 0 Å². The molecule has 0 spiro atoms. The monoisotopic (exact) mass is 396 g/mol. The zero-order valence-electron chi connectivity index (χ0n) is 16.0. The number of halogens is 1. The van der Waals surface area contributed by atoms with Crippen LogP contribution in [0.4, 0.5) is 0 Å². The van der Waals surface area contributed by atoms with Crippen molar-refractivity contribution in [3.63, 3.8) is 0 Å². The number of ether oxygens (including phenoxy) is 2. The van der Waals surface area contributed by atoms with Gasteiger partial charge in [0, 0.05) is 23.3 Å². The highest BCUT2D eigenvalue weighted by Gasteiger charge is 2.10. The van der Waals surface area contributed by atoms with E-state index in [1.807, 2.05) is 44.3 Å². The van der Waals surface area contributed by atoms with Crippen molar-refractivity contribution in [1.82, 2.24) is 9.78 Å². The van der Waals surface area contributed by atoms with E-state index in [-0.39, 0.29) is 5.78 Å². The molecule has 6 heteroatoms. The van der Waals surface area contributed by atoms with Gasteiger partial charge in [0.25, 0.3) is 0 Å². The third kappa shape index (κ3) is 4.61. The Bertz CT molecular complexity index is 1020. The summed E-state index contributed by atoms with van der Waals surface area (Å²) in [6, 6.07) is 12.9. The van der Waals surface area contributed by atoms with Gasteiger partial charge in [0.05, 0.1) is 18.9 Å². The minimum Gasteiger partial charge on any atom is -0.496 e. The number of hydrogen-bond acceptors (Lipinski definition) is 4. The summed E-state index contributed by atoms with van der Waals surface area (Å²) < 4.78 is 12.9. The topological polar surface area (TPSA) is 53.3 Å². The lowest BCUT2D eigenvalue weighted by molar-refractivity contribution is 0.104. The second kappa shape index (κ2) is 8.76. The third-order valence-electron chi connectivity index (χ3n) is 4.42. The fraction of sp³-hybridized carbons (Fsp3) is 0.182. The number of hydrogen-bond donors (Lipinski definition) is 0. The predicted molar refractivity (Wildman–Crippen MR) is 110 cm³/mol. The first-order valence-corrected chi connectivity index (χ1v) is 9.12. The first kappa shape index (κ1) is 19.7. The number of rotatable bonds is 7. The molecule has 2 aromatic carbocycles. The number of nitrogens with zero attached hydrogens (tertiary/aromatic N) is 2. The van der Waals surface area contributed by atoms with Crippen LogP contribution >= 0.6 is 11.6 Å². The number of benzene rings is 2. The molecule has 0 aliphatic rings. The lowest BCUT2D eigenvalue weighted by atomic mass is 10.1. The van der Waals surface area contributed by atoms with Crippen LogP contribution in [0.3, 0.4) is 0 Å². The van der Waals surface area contributed by atoms with E-state index in [9.17, 15) is 4.79 Å². The van der Waals surface area contributed by atoms with Crippen LogP contribution in [0.15, 0.2) is 54.7 Å². The Morgan fingerprint density at radius 2 is 2.07 bits per heavy atom. The van der Waals surface area contributed by atoms with E-state index in [0.717, 1.165) is 16.8 Å². The Labute approximate surface area is 169 Å². The Morgan fingerprint density at radius 1 is 1.25 bits per heavy atom. The van der Waals surface area contributed by atoms with Gasteiger partial charge in [-0.2, -0.15) is 5.10 Å². The van der Waals surface area contributed by atoms with Crippen molar-refractivity contribution in [3.05, 3.63) is 82.1 Å². The van der Waals surface area contributed by atoms with Gasteiger partial charge in [-0.25, -0.2) is 0 Å². The molecule has 0 saturated heterocycles. The third-order valence-corrected chi connectivity index (χ3v) is 4.66. The van der Waals surface area contributed by atoms with E-state index >= 15 is 0 Å². The largest absolute Gasteiger partial charge is 0.496 e. The van der Waals surface area contributed by atoms with Crippen molar-refractivity contribution >= 4 is 23.5 Å². The standard InChI is InChI=1S/C22H21ClN2O3/c1-15-20(13-24-25(15)2)21(26)9-7-16-8-10-22(27-3)17(11-16)14-28-19-6-4-5-18(23)12-19/h4-13H,14H2,1-3H3/b9-7+. The van der Waals surface area contributed by atoms with E-state index in [2.05, 4.69) is 5.10 Å². The molecule has 0 bridgehead atoms. The molecule has 1 aromatic heterocycles. The van der Waals surface area contributed by atoms with E-state index in [0.29, 0.717) is 28.7 Å². The highest BCUT2D eigenvalue weighted by molar-refractivity contribution is 6.30. The number of carbonyl (C=O) groups is 1. The Kier molecular flexibility index (Phi) is 6.16. The normalized spacial score (nSPS) is 11.0. The van der Waals surface area contributed by atoms with Gasteiger partial charge in [-0.1, -0.05) is 29.8 Å². The molecule has 144 valence electrons. The molecule has 3 aromatic rings. The van der Waals surface area contributed by atoms with Crippen LogP contribution in [0.5, 0.6) is 11.5 Å². The van der Waals surface area contributed by atoms with Crippen LogP contribution in [0.1, 0.15) is 27.2 Å². The fourth-order valence-corrected chi connectivity index (χ4v) is 2.92. The van der Waals surface area contributed by atoms with Crippen molar-refractivity contribution in [2.45, 2.75) is 13.5 Å². The number of methoxy groups -OCH3 is 1. The molecule has 0 aliphatic carbocycles. The molecule has 0 atom stereocenters. The first-order valence-electron chi connectivity index (χ1n) is 8.74. The maximum Gasteiger partial charge on any atom is 0.189 e. The van der Waals surface area contributed by atoms with Gasteiger partial charge in [0.15, 0.2) is 5.78 Å². The first-order chi connectivity index (χ1) is 13.5. The molecule has 0 amide bonds. The average molecular weight is 397 g/mol. The van der Waals surface area contributed by atoms with Crippen LogP contribution in [-0.4, -0.2) is 22.7 Å². The summed E-state index contributed by atoms with van der Waals surface area (Å²) in [5.41, 5.74) is 3.17. The molecule has 3 rings (SSSR count). The maximum atomic E-state index is 12.4. The van der Waals surface area contributed by atoms with Crippen molar-refractivity contribution in [1.29, 1.82) is 0 Å². The number of ketones is 1. The summed E-state index contributed by atoms with van der Waals surface area (Å²) in [6.45, 7) is 2.19. The Balaban J connectivity index is 1.76. The lowest BCUT2D eigenvalue weighted by Gasteiger charge is -2.11. The molecule has 0 aliphatic heterocycles. The molecule has 5 nitrogen and oxygen atoms in total. The van der Waals surface area contributed by atoms with E-state index < -0.39 is 0 Å². The van der Waals surface area contributed by atoms with Crippen LogP contribution in [0.2, 0.25) is 5.02 Å². The molecule has 0 saturated carbocycles. The van der Waals surface area contributed by atoms with Crippen molar-refractivity contribution < 1.29 is 14.3 Å². The van der Waals surface area contributed by atoms with Gasteiger partial charge in [0.2, 0.25) is 0 Å². The summed E-state index contributed by atoms with van der Waals surface area (Å²) in [4.78, 5) is 12.4. The number of allylic oxidation sites excluding steroid dienone is 1. The van der Waals surface area contributed by atoms with Gasteiger partial charge in [-0.3, -0.25) is 9.48 Å². The summed E-state index contributed by atoms with van der Waals surface area (Å²) >= 11 is 5.99. The summed E-state index contributed by atoms with van der Waals surface area (Å²) in [5, 5.41) is 4.72. The molecule has 0 unspecified atom stereocenters. The van der Waals surface area contributed by atoms with Crippen molar-refractivity contribution in [2.24, 2.45) is 7.05 Å². The Morgan fingerprint density at radius 3 is 2.75 bits per heavy atom. The van der Waals surface area contributed by atoms with Gasteiger partial charge < -0.3 is 9.47 Å². The van der Waals surface area contributed by atoms with Gasteiger partial charge in [0.1, 0.15) is 18.1 Å². The Hall–Kier alpha value is -3.05. The zero-order chi connectivity index (χ0) is 20.1. The summed E-state index contributed by atoms with van der Waals surface area (Å²) in [7, 11) is 3.42. The van der Waals surface area contributed by atoms with E-state index in [1.165, 1.54) is 0 Å². The molecular formula is C22H21ClN2O3. The van der Waals surface area contributed by atoms with Crippen molar-refractivity contribution in [2.75, 3.05) is 7.11 Å². The lowest BCUT2D eigenvalue weighted by Crippen LogP contribution is -2.00. The average Bonchev–Trinajstić information content (AvgIpc) is 3.03. The number of aromatic nitrogens is 2. The van der Waals surface area contributed by atoms with Gasteiger partial charge in [-0.05, 0) is 48.9 Å². The quantitative estimate of drug-likeness (QED) is 0.422. The van der Waals surface area contributed by atoms with E-state index in [4.69, 9.17) is 21.1 Å². The van der Waals surface area contributed by atoms with Crippen LogP contribution in [0.25, 0.3) is 6.08 Å². The number of aryl methyl sites for hydroxylation is 1. The minimum absolute atomic E-state index is 0.0851. The predicted octanol–water partition coefficient (Wildman–Crippen LogP) is 4.87. The summed E-state index contributed by atoms with van der Waals surface area (Å²) in [5.74, 6) is 1.31. The second-order valence-corrected chi connectivity index (χ2v) is 6.72. The van der Waals surface area contributed by atoms with Gasteiger partial charge in [-0.15, -0.1) is 0 Å². The number of carbonyl (C=O) groups excluding carboxylic acids is 1. The molecule has 1 heterocycles.